The number of halogens is 3. The Labute approximate surface area is 205 Å². The molecule has 170 valence electrons. The number of nitrogens with zero attached hydrogens (tertiary/aromatic N) is 2. The van der Waals surface area contributed by atoms with E-state index in [0.29, 0.717) is 10.4 Å². The molecule has 0 spiro atoms. The second-order valence-corrected chi connectivity index (χ2v) is 10.5. The van der Waals surface area contributed by atoms with Crippen LogP contribution >= 0.6 is 34.5 Å². The van der Waals surface area contributed by atoms with E-state index >= 15 is 0 Å². The Morgan fingerprint density at radius 1 is 1.24 bits per heavy atom. The lowest BCUT2D eigenvalue weighted by molar-refractivity contribution is 0.0939. The fourth-order valence-corrected chi connectivity index (χ4v) is 6.49. The third-order valence-electron chi connectivity index (χ3n) is 6.14. The summed E-state index contributed by atoms with van der Waals surface area (Å²) in [6.07, 6.45) is 1.85. The van der Waals surface area contributed by atoms with Crippen molar-refractivity contribution < 1.29 is 9.18 Å². The van der Waals surface area contributed by atoms with Crippen molar-refractivity contribution in [2.45, 2.75) is 45.6 Å². The zero-order chi connectivity index (χ0) is 23.4. The van der Waals surface area contributed by atoms with Crippen LogP contribution in [0.3, 0.4) is 0 Å². The predicted molar refractivity (Wildman–Crippen MR) is 132 cm³/mol. The van der Waals surface area contributed by atoms with Gasteiger partial charge in [0.25, 0.3) is 5.91 Å². The minimum absolute atomic E-state index is 0.000878. The average Bonchev–Trinajstić information content (AvgIpc) is 3.43. The van der Waals surface area contributed by atoms with Gasteiger partial charge in [0.2, 0.25) is 0 Å². The molecule has 2 aromatic heterocycles. The van der Waals surface area contributed by atoms with E-state index in [9.17, 15) is 9.18 Å². The highest BCUT2D eigenvalue weighted by molar-refractivity contribution is 7.20. The quantitative estimate of drug-likeness (QED) is 0.297. The van der Waals surface area contributed by atoms with Gasteiger partial charge in [-0.2, -0.15) is 5.10 Å². The second kappa shape index (κ2) is 8.42. The molecule has 0 saturated heterocycles. The van der Waals surface area contributed by atoms with Crippen molar-refractivity contribution in [1.29, 1.82) is 0 Å². The van der Waals surface area contributed by atoms with Crippen LogP contribution in [0.2, 0.25) is 10.0 Å². The highest BCUT2D eigenvalue weighted by Crippen LogP contribution is 2.40. The van der Waals surface area contributed by atoms with E-state index in [1.165, 1.54) is 22.5 Å². The number of aromatic nitrogens is 2. The summed E-state index contributed by atoms with van der Waals surface area (Å²) in [6.45, 7) is 5.98. The monoisotopic (exact) mass is 501 g/mol. The number of amides is 1. The molecule has 1 atom stereocenters. The topological polar surface area (TPSA) is 46.4 Å². The highest BCUT2D eigenvalue weighted by atomic mass is 35.5. The van der Waals surface area contributed by atoms with Gasteiger partial charge in [0.05, 0.1) is 27.5 Å². The number of hydrogen-bond acceptors (Lipinski definition) is 3. The Balaban J connectivity index is 1.59. The first-order valence-electron chi connectivity index (χ1n) is 10.8. The van der Waals surface area contributed by atoms with Crippen molar-refractivity contribution in [3.8, 4) is 11.1 Å². The number of benzene rings is 2. The molecule has 0 saturated carbocycles. The molecule has 0 aliphatic heterocycles. The normalized spacial score (nSPS) is 15.4. The summed E-state index contributed by atoms with van der Waals surface area (Å²) in [7, 11) is 0. The van der Waals surface area contributed by atoms with E-state index in [4.69, 9.17) is 28.3 Å². The lowest BCUT2D eigenvalue weighted by Crippen LogP contribution is -2.27. The molecule has 4 aromatic rings. The molecule has 5 rings (SSSR count). The lowest BCUT2D eigenvalue weighted by atomic mass is 10.1. The molecule has 0 fully saturated rings. The van der Waals surface area contributed by atoms with Gasteiger partial charge >= 0.3 is 0 Å². The fourth-order valence-electron chi connectivity index (χ4n) is 4.64. The second-order valence-electron chi connectivity index (χ2n) is 8.67. The molecular formula is C25H22Cl2FN3OS. The largest absolute Gasteiger partial charge is 0.344 e. The Morgan fingerprint density at radius 2 is 1.94 bits per heavy atom. The van der Waals surface area contributed by atoms with Gasteiger partial charge in [-0.05, 0) is 54.5 Å². The van der Waals surface area contributed by atoms with E-state index in [1.807, 2.05) is 37.4 Å². The van der Waals surface area contributed by atoms with Gasteiger partial charge < -0.3 is 5.32 Å². The Kier molecular flexibility index (Phi) is 5.71. The molecule has 1 aliphatic rings. The van der Waals surface area contributed by atoms with E-state index in [0.717, 1.165) is 34.6 Å². The van der Waals surface area contributed by atoms with Gasteiger partial charge in [0.1, 0.15) is 9.71 Å². The molecule has 2 aromatic carbocycles. The van der Waals surface area contributed by atoms with Crippen molar-refractivity contribution in [3.63, 3.8) is 0 Å². The molecule has 0 radical (unpaired) electrons. The number of rotatable bonds is 4. The molecule has 1 N–H and O–H groups in total. The van der Waals surface area contributed by atoms with Crippen LogP contribution in [0.5, 0.6) is 0 Å². The highest BCUT2D eigenvalue weighted by Gasteiger charge is 2.29. The zero-order valence-corrected chi connectivity index (χ0v) is 20.7. The van der Waals surface area contributed by atoms with Gasteiger partial charge in [0, 0.05) is 5.56 Å². The summed E-state index contributed by atoms with van der Waals surface area (Å²) >= 11 is 13.5. The van der Waals surface area contributed by atoms with Gasteiger partial charge in [-0.15, -0.1) is 11.3 Å². The van der Waals surface area contributed by atoms with Crippen LogP contribution in [0.1, 0.15) is 64.4 Å². The van der Waals surface area contributed by atoms with Crippen molar-refractivity contribution in [2.24, 2.45) is 0 Å². The summed E-state index contributed by atoms with van der Waals surface area (Å²) in [5.74, 6) is -0.674. The van der Waals surface area contributed by atoms with Gasteiger partial charge in [-0.1, -0.05) is 61.3 Å². The molecule has 4 nitrogen and oxygen atoms in total. The summed E-state index contributed by atoms with van der Waals surface area (Å²) in [5, 5.41) is 7.87. The maximum absolute atomic E-state index is 14.0. The van der Waals surface area contributed by atoms with Gasteiger partial charge in [-0.3, -0.25) is 4.79 Å². The summed E-state index contributed by atoms with van der Waals surface area (Å²) < 4.78 is 15.8. The molecule has 2 heterocycles. The van der Waals surface area contributed by atoms with E-state index in [-0.39, 0.29) is 27.9 Å². The smallest absolute Gasteiger partial charge is 0.263 e. The average molecular weight is 502 g/mol. The Bertz CT molecular complexity index is 1390. The third kappa shape index (κ3) is 3.74. The Morgan fingerprint density at radius 3 is 2.64 bits per heavy atom. The molecule has 33 heavy (non-hydrogen) atoms. The number of hydrogen-bond donors (Lipinski definition) is 1. The van der Waals surface area contributed by atoms with Crippen LogP contribution in [0, 0.1) is 12.7 Å². The molecule has 0 unspecified atom stereocenters. The van der Waals surface area contributed by atoms with Crippen LogP contribution in [-0.2, 0) is 6.42 Å². The van der Waals surface area contributed by atoms with Crippen molar-refractivity contribution in [1.82, 2.24) is 14.9 Å². The number of carbonyl (C=O) groups excluding carboxylic acids is 1. The van der Waals surface area contributed by atoms with Crippen LogP contribution in [0.15, 0.2) is 36.4 Å². The molecule has 0 bridgehead atoms. The predicted octanol–water partition coefficient (Wildman–Crippen LogP) is 7.36. The van der Waals surface area contributed by atoms with Crippen LogP contribution < -0.4 is 5.32 Å². The number of thiazole rings is 1. The first-order valence-corrected chi connectivity index (χ1v) is 12.4. The molecule has 1 amide bonds. The van der Waals surface area contributed by atoms with Gasteiger partial charge in [-0.25, -0.2) is 8.91 Å². The maximum Gasteiger partial charge on any atom is 0.263 e. The summed E-state index contributed by atoms with van der Waals surface area (Å²) in [4.78, 5) is 14.9. The molecule has 1 aliphatic carbocycles. The van der Waals surface area contributed by atoms with Crippen molar-refractivity contribution in [2.75, 3.05) is 0 Å². The van der Waals surface area contributed by atoms with Crippen molar-refractivity contribution >= 4 is 45.3 Å². The van der Waals surface area contributed by atoms with E-state index in [1.54, 1.807) is 12.1 Å². The number of carbonyl (C=O) groups is 1. The SMILES string of the molecule is Cc1nn2c(C(C)C)c(C(=O)N[C@H]3CCc4ccccc43)sc2c1-c1cc(Cl)c(F)c(Cl)c1. The van der Waals surface area contributed by atoms with Crippen LogP contribution in [-0.4, -0.2) is 15.5 Å². The number of fused-ring (bicyclic) bond motifs is 2. The van der Waals surface area contributed by atoms with E-state index < -0.39 is 5.82 Å². The third-order valence-corrected chi connectivity index (χ3v) is 7.86. The summed E-state index contributed by atoms with van der Waals surface area (Å²) in [5.41, 5.74) is 5.57. The minimum atomic E-state index is -0.644. The van der Waals surface area contributed by atoms with Crippen LogP contribution in [0.25, 0.3) is 16.0 Å². The van der Waals surface area contributed by atoms with Gasteiger partial charge in [0.15, 0.2) is 5.82 Å². The number of nitrogens with one attached hydrogen (secondary N) is 1. The lowest BCUT2D eigenvalue weighted by Gasteiger charge is -2.15. The van der Waals surface area contributed by atoms with Crippen LogP contribution in [0.4, 0.5) is 4.39 Å². The van der Waals surface area contributed by atoms with Crippen molar-refractivity contribution in [3.05, 3.63) is 79.7 Å². The first-order chi connectivity index (χ1) is 15.8. The Hall–Kier alpha value is -2.41. The van der Waals surface area contributed by atoms with E-state index in [2.05, 4.69) is 17.4 Å². The molecule has 8 heteroatoms. The summed E-state index contributed by atoms with van der Waals surface area (Å²) in [6, 6.07) is 11.4. The number of aryl methyl sites for hydroxylation is 2. The zero-order valence-electron chi connectivity index (χ0n) is 18.4. The maximum atomic E-state index is 14.0. The fraction of sp³-hybridized carbons (Fsp3) is 0.280. The molecular weight excluding hydrogens is 480 g/mol. The first kappa shape index (κ1) is 22.4. The minimum Gasteiger partial charge on any atom is -0.344 e. The standard InChI is InChI=1S/C25H22Cl2FN3OS/c1-12(2)22-23(24(32)29-19-9-8-14-6-4-5-7-16(14)19)33-25-20(13(3)30-31(22)25)15-10-17(26)21(28)18(27)11-15/h4-7,10-12,19H,8-9H2,1-3H3,(H,29,32)/t19-/m0/s1.